The zero-order valence-corrected chi connectivity index (χ0v) is 11.8. The SMILES string of the molecule is CC(CNCc1c(Cl)oc2ccccc12)N(C)C. The van der Waals surface area contributed by atoms with Crippen molar-refractivity contribution in [2.75, 3.05) is 20.6 Å². The van der Waals surface area contributed by atoms with E-state index in [4.69, 9.17) is 16.0 Å². The van der Waals surface area contributed by atoms with Crippen molar-refractivity contribution in [1.82, 2.24) is 10.2 Å². The first-order valence-electron chi connectivity index (χ1n) is 6.12. The Balaban J connectivity index is 2.05. The van der Waals surface area contributed by atoms with Gasteiger partial charge in [-0.05, 0) is 38.7 Å². The molecule has 1 unspecified atom stereocenters. The van der Waals surface area contributed by atoms with Crippen LogP contribution in [0.2, 0.25) is 5.22 Å². The van der Waals surface area contributed by atoms with Crippen molar-refractivity contribution >= 4 is 22.6 Å². The molecule has 0 aliphatic rings. The van der Waals surface area contributed by atoms with Crippen molar-refractivity contribution in [3.8, 4) is 0 Å². The van der Waals surface area contributed by atoms with E-state index in [-0.39, 0.29) is 0 Å². The quantitative estimate of drug-likeness (QED) is 0.901. The van der Waals surface area contributed by atoms with Crippen molar-refractivity contribution in [3.63, 3.8) is 0 Å². The van der Waals surface area contributed by atoms with Crippen LogP contribution >= 0.6 is 11.6 Å². The largest absolute Gasteiger partial charge is 0.444 e. The molecule has 4 heteroatoms. The van der Waals surface area contributed by atoms with Gasteiger partial charge >= 0.3 is 0 Å². The Hall–Kier alpha value is -1.03. The van der Waals surface area contributed by atoms with Gasteiger partial charge in [-0.2, -0.15) is 0 Å². The van der Waals surface area contributed by atoms with Gasteiger partial charge in [0, 0.05) is 30.1 Å². The predicted octanol–water partition coefficient (Wildman–Crippen LogP) is 3.13. The Bertz CT molecular complexity index is 521. The summed E-state index contributed by atoms with van der Waals surface area (Å²) >= 11 is 6.13. The minimum absolute atomic E-state index is 0.487. The number of rotatable bonds is 5. The van der Waals surface area contributed by atoms with Crippen molar-refractivity contribution in [2.24, 2.45) is 0 Å². The minimum Gasteiger partial charge on any atom is -0.444 e. The van der Waals surface area contributed by atoms with E-state index >= 15 is 0 Å². The molecule has 0 fully saturated rings. The molecule has 98 valence electrons. The summed E-state index contributed by atoms with van der Waals surface area (Å²) in [6.07, 6.45) is 0. The highest BCUT2D eigenvalue weighted by atomic mass is 35.5. The first-order chi connectivity index (χ1) is 8.59. The summed E-state index contributed by atoms with van der Waals surface area (Å²) in [7, 11) is 4.15. The van der Waals surface area contributed by atoms with Crippen LogP contribution < -0.4 is 5.32 Å². The van der Waals surface area contributed by atoms with Crippen LogP contribution in [0.5, 0.6) is 0 Å². The zero-order valence-electron chi connectivity index (χ0n) is 11.0. The molecular formula is C14H19ClN2O. The summed E-state index contributed by atoms with van der Waals surface area (Å²) < 4.78 is 5.52. The molecule has 2 rings (SSSR count). The van der Waals surface area contributed by atoms with E-state index in [1.54, 1.807) is 0 Å². The van der Waals surface area contributed by atoms with Gasteiger partial charge < -0.3 is 14.6 Å². The fourth-order valence-corrected chi connectivity index (χ4v) is 2.07. The second kappa shape index (κ2) is 5.74. The molecule has 0 saturated heterocycles. The third kappa shape index (κ3) is 2.86. The number of likely N-dealkylation sites (N-methyl/N-ethyl adjacent to an activating group) is 1. The van der Waals surface area contributed by atoms with Gasteiger partial charge in [0.1, 0.15) is 5.58 Å². The lowest BCUT2D eigenvalue weighted by molar-refractivity contribution is 0.302. The number of furan rings is 1. The van der Waals surface area contributed by atoms with Gasteiger partial charge in [-0.15, -0.1) is 0 Å². The molecule has 3 nitrogen and oxygen atoms in total. The Kier molecular flexibility index (Phi) is 4.27. The van der Waals surface area contributed by atoms with E-state index in [2.05, 4.69) is 31.2 Å². The molecule has 1 N–H and O–H groups in total. The molecule has 0 spiro atoms. The number of hydrogen-bond acceptors (Lipinski definition) is 3. The Morgan fingerprint density at radius 3 is 2.78 bits per heavy atom. The van der Waals surface area contributed by atoms with Gasteiger partial charge in [-0.3, -0.25) is 0 Å². The summed E-state index contributed by atoms with van der Waals surface area (Å²) in [6, 6.07) is 8.42. The molecule has 1 atom stereocenters. The molecular weight excluding hydrogens is 248 g/mol. The van der Waals surface area contributed by atoms with Crippen molar-refractivity contribution in [3.05, 3.63) is 35.0 Å². The van der Waals surface area contributed by atoms with E-state index in [0.29, 0.717) is 11.3 Å². The van der Waals surface area contributed by atoms with E-state index in [1.165, 1.54) is 0 Å². The maximum atomic E-state index is 6.13. The Morgan fingerprint density at radius 2 is 2.06 bits per heavy atom. The van der Waals surface area contributed by atoms with Gasteiger partial charge in [0.2, 0.25) is 0 Å². The standard InChI is InChI=1S/C14H19ClN2O/c1-10(17(2)3)8-16-9-12-11-6-4-5-7-13(11)18-14(12)15/h4-7,10,16H,8-9H2,1-3H3. The van der Waals surface area contributed by atoms with Crippen LogP contribution in [0.25, 0.3) is 11.0 Å². The number of hydrogen-bond donors (Lipinski definition) is 1. The second-order valence-electron chi connectivity index (χ2n) is 4.79. The zero-order chi connectivity index (χ0) is 13.1. The van der Waals surface area contributed by atoms with Crippen molar-refractivity contribution in [2.45, 2.75) is 19.5 Å². The highest BCUT2D eigenvalue weighted by Crippen LogP contribution is 2.29. The lowest BCUT2D eigenvalue weighted by Crippen LogP contribution is -2.35. The van der Waals surface area contributed by atoms with Gasteiger partial charge in [0.25, 0.3) is 0 Å². The van der Waals surface area contributed by atoms with Crippen LogP contribution in [-0.2, 0) is 6.54 Å². The predicted molar refractivity (Wildman–Crippen MR) is 76.1 cm³/mol. The number of nitrogens with zero attached hydrogens (tertiary/aromatic N) is 1. The molecule has 1 aromatic carbocycles. The van der Waals surface area contributed by atoms with E-state index in [9.17, 15) is 0 Å². The van der Waals surface area contributed by atoms with Crippen LogP contribution in [0.1, 0.15) is 12.5 Å². The molecule has 0 bridgehead atoms. The summed E-state index contributed by atoms with van der Waals surface area (Å²) in [5, 5.41) is 4.99. The average molecular weight is 267 g/mol. The lowest BCUT2D eigenvalue weighted by atomic mass is 10.2. The van der Waals surface area contributed by atoms with Crippen molar-refractivity contribution < 1.29 is 4.42 Å². The molecule has 0 radical (unpaired) electrons. The van der Waals surface area contributed by atoms with Crippen LogP contribution in [0.15, 0.2) is 28.7 Å². The topological polar surface area (TPSA) is 28.4 Å². The lowest BCUT2D eigenvalue weighted by Gasteiger charge is -2.19. The first kappa shape index (κ1) is 13.4. The third-order valence-corrected chi connectivity index (χ3v) is 3.58. The molecule has 2 aromatic rings. The number of halogens is 1. The normalized spacial score (nSPS) is 13.4. The number of para-hydroxylation sites is 1. The minimum atomic E-state index is 0.487. The third-order valence-electron chi connectivity index (χ3n) is 3.27. The fourth-order valence-electron chi connectivity index (χ4n) is 1.82. The number of nitrogens with one attached hydrogen (secondary N) is 1. The van der Waals surface area contributed by atoms with Crippen LogP contribution in [0.4, 0.5) is 0 Å². The average Bonchev–Trinajstić information content (AvgIpc) is 2.65. The Labute approximate surface area is 113 Å². The maximum absolute atomic E-state index is 6.13. The molecule has 1 heterocycles. The van der Waals surface area contributed by atoms with Crippen molar-refractivity contribution in [1.29, 1.82) is 0 Å². The highest BCUT2D eigenvalue weighted by molar-refractivity contribution is 6.30. The van der Waals surface area contributed by atoms with E-state index < -0.39 is 0 Å². The number of benzene rings is 1. The van der Waals surface area contributed by atoms with Gasteiger partial charge in [-0.25, -0.2) is 0 Å². The van der Waals surface area contributed by atoms with Crippen LogP contribution in [0, 0.1) is 0 Å². The molecule has 0 amide bonds. The monoisotopic (exact) mass is 266 g/mol. The molecule has 1 aromatic heterocycles. The molecule has 0 aliphatic heterocycles. The smallest absolute Gasteiger partial charge is 0.199 e. The van der Waals surface area contributed by atoms with Crippen LogP contribution in [0.3, 0.4) is 0 Å². The maximum Gasteiger partial charge on any atom is 0.199 e. The highest BCUT2D eigenvalue weighted by Gasteiger charge is 2.12. The Morgan fingerprint density at radius 1 is 1.33 bits per heavy atom. The number of fused-ring (bicyclic) bond motifs is 1. The van der Waals surface area contributed by atoms with Crippen LogP contribution in [-0.4, -0.2) is 31.6 Å². The second-order valence-corrected chi connectivity index (χ2v) is 5.14. The summed E-state index contributed by atoms with van der Waals surface area (Å²) in [5.74, 6) is 0. The first-order valence-corrected chi connectivity index (χ1v) is 6.50. The fraction of sp³-hybridized carbons (Fsp3) is 0.429. The summed E-state index contributed by atoms with van der Waals surface area (Å²) in [6.45, 7) is 3.83. The summed E-state index contributed by atoms with van der Waals surface area (Å²) in [4.78, 5) is 2.18. The van der Waals surface area contributed by atoms with Gasteiger partial charge in [0.15, 0.2) is 5.22 Å². The molecule has 0 aliphatic carbocycles. The van der Waals surface area contributed by atoms with E-state index in [0.717, 1.165) is 29.6 Å². The summed E-state index contributed by atoms with van der Waals surface area (Å²) in [5.41, 5.74) is 1.89. The molecule has 0 saturated carbocycles. The van der Waals surface area contributed by atoms with Gasteiger partial charge in [0.05, 0.1) is 0 Å². The molecule has 18 heavy (non-hydrogen) atoms. The van der Waals surface area contributed by atoms with E-state index in [1.807, 2.05) is 24.3 Å². The van der Waals surface area contributed by atoms with Gasteiger partial charge in [-0.1, -0.05) is 18.2 Å².